The summed E-state index contributed by atoms with van der Waals surface area (Å²) < 4.78 is 16.2. The Balaban J connectivity index is 1.88. The Hall–Kier alpha value is -2.99. The molecule has 0 aromatic heterocycles. The number of methoxy groups -OCH3 is 1. The number of carbonyl (C=O) groups is 1. The summed E-state index contributed by atoms with van der Waals surface area (Å²) in [6.45, 7) is 7.22. The van der Waals surface area contributed by atoms with E-state index >= 15 is 0 Å². The van der Waals surface area contributed by atoms with Crippen molar-refractivity contribution in [1.29, 1.82) is 0 Å². The van der Waals surface area contributed by atoms with Crippen LogP contribution < -0.4 is 20.1 Å². The number of nitrogens with one attached hydrogen (secondary N) is 2. The summed E-state index contributed by atoms with van der Waals surface area (Å²) in [5.74, 6) is 1.16. The fraction of sp³-hybridized carbons (Fsp3) is 0.286. The van der Waals surface area contributed by atoms with Crippen LogP contribution in [0.25, 0.3) is 0 Å². The number of rotatable bonds is 11. The Morgan fingerprint density at radius 3 is 2.67 bits per heavy atom. The monoisotopic (exact) mass is 370 g/mol. The Morgan fingerprint density at radius 2 is 1.89 bits per heavy atom. The van der Waals surface area contributed by atoms with Crippen LogP contribution in [0.1, 0.15) is 6.92 Å². The molecule has 0 bridgehead atoms. The fourth-order valence-corrected chi connectivity index (χ4v) is 2.21. The van der Waals surface area contributed by atoms with Crippen molar-refractivity contribution >= 4 is 17.3 Å². The number of para-hydroxylation sites is 2. The Bertz CT molecular complexity index is 761. The van der Waals surface area contributed by atoms with E-state index < -0.39 is 0 Å². The molecule has 0 saturated carbocycles. The third-order valence-corrected chi connectivity index (χ3v) is 3.48. The molecule has 2 rings (SSSR count). The van der Waals surface area contributed by atoms with Gasteiger partial charge in [0.15, 0.2) is 0 Å². The topological polar surface area (TPSA) is 68.8 Å². The highest BCUT2D eigenvalue weighted by molar-refractivity contribution is 5.95. The quantitative estimate of drug-likeness (QED) is 0.466. The van der Waals surface area contributed by atoms with Crippen LogP contribution in [-0.2, 0) is 9.53 Å². The van der Waals surface area contributed by atoms with Crippen LogP contribution in [0.4, 0.5) is 11.4 Å². The lowest BCUT2D eigenvalue weighted by atomic mass is 10.2. The highest BCUT2D eigenvalue weighted by atomic mass is 16.5. The molecule has 0 aliphatic rings. The number of hydrogen-bond donors (Lipinski definition) is 2. The minimum Gasteiger partial charge on any atom is -0.491 e. The van der Waals surface area contributed by atoms with Gasteiger partial charge in [-0.15, -0.1) is 0 Å². The molecular weight excluding hydrogens is 344 g/mol. The summed E-state index contributed by atoms with van der Waals surface area (Å²) in [4.78, 5) is 12.3. The zero-order chi connectivity index (χ0) is 19.5. The second kappa shape index (κ2) is 10.9. The first kappa shape index (κ1) is 20.3. The molecule has 2 aromatic rings. The van der Waals surface area contributed by atoms with E-state index in [0.717, 1.165) is 17.0 Å². The molecule has 6 nitrogen and oxygen atoms in total. The van der Waals surface area contributed by atoms with Gasteiger partial charge in [0.05, 0.1) is 18.8 Å². The zero-order valence-corrected chi connectivity index (χ0v) is 15.8. The molecule has 0 unspecified atom stereocenters. The maximum absolute atomic E-state index is 12.3. The third-order valence-electron chi connectivity index (χ3n) is 3.48. The van der Waals surface area contributed by atoms with Crippen molar-refractivity contribution in [3.63, 3.8) is 0 Å². The lowest BCUT2D eigenvalue weighted by Gasteiger charge is -2.13. The number of anilines is 2. The van der Waals surface area contributed by atoms with Crippen molar-refractivity contribution in [3.05, 3.63) is 60.7 Å². The molecule has 1 amide bonds. The molecule has 0 aliphatic heterocycles. The first-order valence-electron chi connectivity index (χ1n) is 8.70. The summed E-state index contributed by atoms with van der Waals surface area (Å²) in [7, 11) is 1.63. The Labute approximate surface area is 160 Å². The second-order valence-electron chi connectivity index (χ2n) is 6.01. The first-order valence-corrected chi connectivity index (χ1v) is 8.70. The van der Waals surface area contributed by atoms with Crippen molar-refractivity contribution in [3.8, 4) is 11.5 Å². The zero-order valence-electron chi connectivity index (χ0n) is 15.8. The van der Waals surface area contributed by atoms with Crippen molar-refractivity contribution in [2.75, 3.05) is 44.1 Å². The van der Waals surface area contributed by atoms with Gasteiger partial charge >= 0.3 is 0 Å². The van der Waals surface area contributed by atoms with Gasteiger partial charge in [-0.3, -0.25) is 4.79 Å². The van der Waals surface area contributed by atoms with Gasteiger partial charge in [-0.1, -0.05) is 24.8 Å². The maximum Gasteiger partial charge on any atom is 0.243 e. The summed E-state index contributed by atoms with van der Waals surface area (Å²) in [6, 6.07) is 14.8. The maximum atomic E-state index is 12.3. The van der Waals surface area contributed by atoms with E-state index in [-0.39, 0.29) is 12.5 Å². The minimum atomic E-state index is -0.174. The van der Waals surface area contributed by atoms with Crippen molar-refractivity contribution in [2.24, 2.45) is 0 Å². The molecule has 0 fully saturated rings. The predicted molar refractivity (Wildman–Crippen MR) is 108 cm³/mol. The van der Waals surface area contributed by atoms with E-state index in [9.17, 15) is 4.79 Å². The van der Waals surface area contributed by atoms with Gasteiger partial charge in [-0.2, -0.15) is 0 Å². The first-order chi connectivity index (χ1) is 13.1. The van der Waals surface area contributed by atoms with Gasteiger partial charge in [-0.05, 0) is 36.8 Å². The summed E-state index contributed by atoms with van der Waals surface area (Å²) in [5.41, 5.74) is 2.33. The SMILES string of the molecule is C=C(C)COc1ccccc1NC(=O)CNc1cccc(OCCOC)c1. The van der Waals surface area contributed by atoms with E-state index in [1.54, 1.807) is 13.2 Å². The third kappa shape index (κ3) is 7.42. The van der Waals surface area contributed by atoms with E-state index in [4.69, 9.17) is 14.2 Å². The lowest BCUT2D eigenvalue weighted by Crippen LogP contribution is -2.22. The molecule has 0 aliphatic carbocycles. The largest absolute Gasteiger partial charge is 0.491 e. The van der Waals surface area contributed by atoms with Crippen molar-refractivity contribution in [1.82, 2.24) is 0 Å². The van der Waals surface area contributed by atoms with Gasteiger partial charge in [-0.25, -0.2) is 0 Å². The van der Waals surface area contributed by atoms with Crippen LogP contribution in [0.5, 0.6) is 11.5 Å². The summed E-state index contributed by atoms with van der Waals surface area (Å²) in [6.07, 6.45) is 0. The van der Waals surface area contributed by atoms with Gasteiger partial charge in [0.1, 0.15) is 24.7 Å². The average Bonchev–Trinajstić information content (AvgIpc) is 2.66. The van der Waals surface area contributed by atoms with E-state index in [2.05, 4.69) is 17.2 Å². The molecule has 0 saturated heterocycles. The van der Waals surface area contributed by atoms with Crippen LogP contribution in [0, 0.1) is 0 Å². The van der Waals surface area contributed by atoms with Crippen molar-refractivity contribution < 1.29 is 19.0 Å². The van der Waals surface area contributed by atoms with Crippen LogP contribution in [0.3, 0.4) is 0 Å². The van der Waals surface area contributed by atoms with Crippen LogP contribution in [0.15, 0.2) is 60.7 Å². The predicted octanol–water partition coefficient (Wildman–Crippen LogP) is 3.72. The van der Waals surface area contributed by atoms with E-state index in [1.807, 2.05) is 49.4 Å². The van der Waals surface area contributed by atoms with Crippen LogP contribution in [0.2, 0.25) is 0 Å². The average molecular weight is 370 g/mol. The van der Waals surface area contributed by atoms with E-state index in [1.165, 1.54) is 0 Å². The highest BCUT2D eigenvalue weighted by Gasteiger charge is 2.08. The summed E-state index contributed by atoms with van der Waals surface area (Å²) >= 11 is 0. The van der Waals surface area contributed by atoms with Crippen molar-refractivity contribution in [2.45, 2.75) is 6.92 Å². The Kier molecular flexibility index (Phi) is 8.19. The fourth-order valence-electron chi connectivity index (χ4n) is 2.21. The molecular formula is C21H26N2O4. The smallest absolute Gasteiger partial charge is 0.243 e. The number of amides is 1. The molecule has 0 atom stereocenters. The number of hydrogen-bond acceptors (Lipinski definition) is 5. The highest BCUT2D eigenvalue weighted by Crippen LogP contribution is 2.24. The van der Waals surface area contributed by atoms with Gasteiger partial charge < -0.3 is 24.8 Å². The molecule has 0 heterocycles. The Morgan fingerprint density at radius 1 is 1.07 bits per heavy atom. The molecule has 2 N–H and O–H groups in total. The van der Waals surface area contributed by atoms with Gasteiger partial charge in [0.25, 0.3) is 0 Å². The molecule has 0 spiro atoms. The molecule has 0 radical (unpaired) electrons. The summed E-state index contributed by atoms with van der Waals surface area (Å²) in [5, 5.41) is 5.94. The molecule has 2 aromatic carbocycles. The molecule has 144 valence electrons. The number of benzene rings is 2. The molecule has 6 heteroatoms. The number of ether oxygens (including phenoxy) is 3. The van der Waals surface area contributed by atoms with Gasteiger partial charge in [0.2, 0.25) is 5.91 Å². The van der Waals surface area contributed by atoms with Crippen LogP contribution in [-0.4, -0.2) is 39.4 Å². The van der Waals surface area contributed by atoms with Gasteiger partial charge in [0, 0.05) is 18.9 Å². The minimum absolute atomic E-state index is 0.121. The van der Waals surface area contributed by atoms with E-state index in [0.29, 0.717) is 31.3 Å². The lowest BCUT2D eigenvalue weighted by molar-refractivity contribution is -0.114. The standard InChI is InChI=1S/C21H26N2O4/c1-16(2)15-27-20-10-5-4-9-19(20)23-21(24)14-22-17-7-6-8-18(13-17)26-12-11-25-3/h4-10,13,22H,1,11-12,14-15H2,2-3H3,(H,23,24). The molecule has 27 heavy (non-hydrogen) atoms. The van der Waals surface area contributed by atoms with Crippen LogP contribution >= 0.6 is 0 Å². The number of carbonyl (C=O) groups excluding carboxylic acids is 1. The second-order valence-corrected chi connectivity index (χ2v) is 6.01. The normalized spacial score (nSPS) is 10.1.